The third-order valence-electron chi connectivity index (χ3n) is 2.77. The van der Waals surface area contributed by atoms with Gasteiger partial charge < -0.3 is 15.0 Å². The van der Waals surface area contributed by atoms with E-state index in [4.69, 9.17) is 4.74 Å². The van der Waals surface area contributed by atoms with Gasteiger partial charge in [0.1, 0.15) is 5.75 Å². The van der Waals surface area contributed by atoms with Crippen molar-refractivity contribution in [1.29, 1.82) is 0 Å². The molecule has 90 valence electrons. The maximum Gasteiger partial charge on any atom is 0.118 e. The van der Waals surface area contributed by atoms with Gasteiger partial charge in [-0.25, -0.2) is 4.98 Å². The largest absolute Gasteiger partial charge is 0.497 e. The molecule has 1 heterocycles. The first-order valence-corrected chi connectivity index (χ1v) is 5.64. The van der Waals surface area contributed by atoms with Gasteiger partial charge in [-0.3, -0.25) is 0 Å². The predicted octanol–water partition coefficient (Wildman–Crippen LogP) is 2.27. The quantitative estimate of drug-likeness (QED) is 0.830. The molecule has 17 heavy (non-hydrogen) atoms. The van der Waals surface area contributed by atoms with Gasteiger partial charge in [-0.15, -0.1) is 0 Å². The smallest absolute Gasteiger partial charge is 0.118 e. The van der Waals surface area contributed by atoms with Gasteiger partial charge in [-0.05, 0) is 24.6 Å². The fourth-order valence-electron chi connectivity index (χ4n) is 1.65. The molecule has 0 fully saturated rings. The van der Waals surface area contributed by atoms with Gasteiger partial charge >= 0.3 is 0 Å². The molecule has 0 aliphatic carbocycles. The summed E-state index contributed by atoms with van der Waals surface area (Å²) in [7, 11) is 1.68. The van der Waals surface area contributed by atoms with Gasteiger partial charge in [-0.2, -0.15) is 0 Å². The highest BCUT2D eigenvalue weighted by molar-refractivity contribution is 5.28. The molecule has 1 aromatic carbocycles. The zero-order valence-corrected chi connectivity index (χ0v) is 10.1. The molecule has 4 heteroatoms. The second kappa shape index (κ2) is 5.50. The number of nitrogens with zero attached hydrogens (tertiary/aromatic N) is 1. The Morgan fingerprint density at radius 3 is 2.71 bits per heavy atom. The van der Waals surface area contributed by atoms with E-state index in [1.807, 2.05) is 18.3 Å². The zero-order valence-electron chi connectivity index (χ0n) is 10.1. The first kappa shape index (κ1) is 11.7. The Balaban J connectivity index is 1.92. The number of imidazole rings is 1. The first-order chi connectivity index (χ1) is 8.29. The number of aromatic amines is 1. The van der Waals surface area contributed by atoms with Crippen molar-refractivity contribution in [3.8, 4) is 5.75 Å². The lowest BCUT2D eigenvalue weighted by Crippen LogP contribution is -2.18. The van der Waals surface area contributed by atoms with Crippen LogP contribution >= 0.6 is 0 Å². The summed E-state index contributed by atoms with van der Waals surface area (Å²) in [5, 5.41) is 3.43. The number of nitrogens with one attached hydrogen (secondary N) is 2. The highest BCUT2D eigenvalue weighted by Crippen LogP contribution is 2.17. The molecule has 0 radical (unpaired) electrons. The van der Waals surface area contributed by atoms with Crippen molar-refractivity contribution in [2.75, 3.05) is 7.11 Å². The van der Waals surface area contributed by atoms with Crippen molar-refractivity contribution in [1.82, 2.24) is 15.3 Å². The lowest BCUT2D eigenvalue weighted by atomic mass is 10.1. The Kier molecular flexibility index (Phi) is 3.77. The van der Waals surface area contributed by atoms with Crippen LogP contribution in [0.25, 0.3) is 0 Å². The second-order valence-electron chi connectivity index (χ2n) is 3.95. The van der Waals surface area contributed by atoms with Gasteiger partial charge in [0.05, 0.1) is 13.4 Å². The molecule has 2 N–H and O–H groups in total. The van der Waals surface area contributed by atoms with Crippen LogP contribution in [0.2, 0.25) is 0 Å². The van der Waals surface area contributed by atoms with Crippen LogP contribution in [-0.4, -0.2) is 17.1 Å². The van der Waals surface area contributed by atoms with Crippen molar-refractivity contribution < 1.29 is 4.74 Å². The minimum Gasteiger partial charge on any atom is -0.497 e. The number of hydrogen-bond donors (Lipinski definition) is 2. The van der Waals surface area contributed by atoms with Gasteiger partial charge in [0.2, 0.25) is 0 Å². The molecule has 0 saturated heterocycles. The highest BCUT2D eigenvalue weighted by atomic mass is 16.5. The molecule has 2 rings (SSSR count). The number of ether oxygens (including phenoxy) is 1. The number of hydrogen-bond acceptors (Lipinski definition) is 3. The molecule has 0 bridgehead atoms. The van der Waals surface area contributed by atoms with Crippen molar-refractivity contribution in [3.05, 3.63) is 48.0 Å². The van der Waals surface area contributed by atoms with E-state index in [2.05, 4.69) is 34.3 Å². The summed E-state index contributed by atoms with van der Waals surface area (Å²) in [6.07, 6.45) is 3.52. The van der Waals surface area contributed by atoms with Gasteiger partial charge in [0.25, 0.3) is 0 Å². The summed E-state index contributed by atoms with van der Waals surface area (Å²) >= 11 is 0. The van der Waals surface area contributed by atoms with E-state index >= 15 is 0 Å². The SMILES string of the molecule is COc1ccc([C@H](C)NCc2cnc[nH]2)cc1. The number of rotatable bonds is 5. The van der Waals surface area contributed by atoms with E-state index in [0.717, 1.165) is 18.0 Å². The summed E-state index contributed by atoms with van der Waals surface area (Å²) < 4.78 is 5.13. The lowest BCUT2D eigenvalue weighted by molar-refractivity contribution is 0.414. The van der Waals surface area contributed by atoms with E-state index in [1.54, 1.807) is 13.4 Å². The van der Waals surface area contributed by atoms with Crippen molar-refractivity contribution in [3.63, 3.8) is 0 Å². The monoisotopic (exact) mass is 231 g/mol. The minimum absolute atomic E-state index is 0.296. The molecular weight excluding hydrogens is 214 g/mol. The third-order valence-corrected chi connectivity index (χ3v) is 2.77. The summed E-state index contributed by atoms with van der Waals surface area (Å²) in [4.78, 5) is 7.05. The van der Waals surface area contributed by atoms with Crippen molar-refractivity contribution >= 4 is 0 Å². The average Bonchev–Trinajstić information content (AvgIpc) is 2.89. The maximum atomic E-state index is 5.13. The average molecular weight is 231 g/mol. The number of H-pyrrole nitrogens is 1. The Bertz CT molecular complexity index is 436. The second-order valence-corrected chi connectivity index (χ2v) is 3.95. The van der Waals surface area contributed by atoms with Crippen LogP contribution in [0.4, 0.5) is 0 Å². The molecule has 0 saturated carbocycles. The van der Waals surface area contributed by atoms with E-state index in [0.29, 0.717) is 6.04 Å². The Labute approximate surface area is 101 Å². The fourth-order valence-corrected chi connectivity index (χ4v) is 1.65. The molecule has 1 atom stereocenters. The van der Waals surface area contributed by atoms with Crippen LogP contribution in [0.15, 0.2) is 36.8 Å². The molecular formula is C13H17N3O. The molecule has 1 aromatic heterocycles. The molecule has 2 aromatic rings. The molecule has 0 unspecified atom stereocenters. The normalized spacial score (nSPS) is 12.4. The summed E-state index contributed by atoms with van der Waals surface area (Å²) in [5.74, 6) is 0.884. The lowest BCUT2D eigenvalue weighted by Gasteiger charge is -2.13. The number of methoxy groups -OCH3 is 1. The number of aromatic nitrogens is 2. The van der Waals surface area contributed by atoms with E-state index in [1.165, 1.54) is 5.56 Å². The summed E-state index contributed by atoms with van der Waals surface area (Å²) in [6, 6.07) is 8.39. The van der Waals surface area contributed by atoms with Crippen molar-refractivity contribution in [2.24, 2.45) is 0 Å². The Hall–Kier alpha value is -1.81. The molecule has 0 amide bonds. The standard InChI is InChI=1S/C13H17N3O/c1-10(15-8-12-7-14-9-16-12)11-3-5-13(17-2)6-4-11/h3-7,9-10,15H,8H2,1-2H3,(H,14,16)/t10-/m0/s1. The van der Waals surface area contributed by atoms with E-state index < -0.39 is 0 Å². The minimum atomic E-state index is 0.296. The summed E-state index contributed by atoms with van der Waals surface area (Å²) in [5.41, 5.74) is 2.33. The molecule has 0 spiro atoms. The van der Waals surface area contributed by atoms with Crippen LogP contribution in [0.1, 0.15) is 24.2 Å². The zero-order chi connectivity index (χ0) is 12.1. The van der Waals surface area contributed by atoms with Crippen LogP contribution < -0.4 is 10.1 Å². The van der Waals surface area contributed by atoms with Crippen LogP contribution in [0, 0.1) is 0 Å². The fraction of sp³-hybridized carbons (Fsp3) is 0.308. The predicted molar refractivity (Wildman–Crippen MR) is 66.8 cm³/mol. The Morgan fingerprint density at radius 1 is 1.35 bits per heavy atom. The molecule has 0 aliphatic rings. The third kappa shape index (κ3) is 3.07. The van der Waals surface area contributed by atoms with Gasteiger partial charge in [0, 0.05) is 24.5 Å². The summed E-state index contributed by atoms with van der Waals surface area (Å²) in [6.45, 7) is 2.92. The van der Waals surface area contributed by atoms with E-state index in [9.17, 15) is 0 Å². The molecule has 4 nitrogen and oxygen atoms in total. The van der Waals surface area contributed by atoms with Crippen LogP contribution in [-0.2, 0) is 6.54 Å². The first-order valence-electron chi connectivity index (χ1n) is 5.64. The highest BCUT2D eigenvalue weighted by Gasteiger charge is 2.05. The number of benzene rings is 1. The van der Waals surface area contributed by atoms with Gasteiger partial charge in [-0.1, -0.05) is 12.1 Å². The van der Waals surface area contributed by atoms with Crippen LogP contribution in [0.3, 0.4) is 0 Å². The Morgan fingerprint density at radius 2 is 2.12 bits per heavy atom. The van der Waals surface area contributed by atoms with Gasteiger partial charge in [0.15, 0.2) is 0 Å². The maximum absolute atomic E-state index is 5.13. The van der Waals surface area contributed by atoms with Crippen LogP contribution in [0.5, 0.6) is 5.75 Å². The van der Waals surface area contributed by atoms with Crippen molar-refractivity contribution in [2.45, 2.75) is 19.5 Å². The van der Waals surface area contributed by atoms with E-state index in [-0.39, 0.29) is 0 Å². The topological polar surface area (TPSA) is 49.9 Å². The molecule has 0 aliphatic heterocycles.